The second-order valence-electron chi connectivity index (χ2n) is 7.74. The Balaban J connectivity index is 1.49. The van der Waals surface area contributed by atoms with E-state index < -0.39 is 24.7 Å². The Labute approximate surface area is 192 Å². The number of carbonyl (C=O) groups is 2. The fraction of sp³-hybridized carbons (Fsp3) is 0.318. The smallest absolute Gasteiger partial charge is 0.422 e. The SMILES string of the molecule is Cc1cc(C(C)N2Cc3c(ccnc3NC(=O)Cc3ncco3)C2=O)cnc1OCC(F)(F)F. The molecule has 3 aromatic rings. The van der Waals surface area contributed by atoms with E-state index in [0.717, 1.165) is 0 Å². The number of fused-ring (bicyclic) bond motifs is 1. The van der Waals surface area contributed by atoms with Crippen LogP contribution < -0.4 is 10.1 Å². The summed E-state index contributed by atoms with van der Waals surface area (Å²) in [6.07, 6.45) is 1.07. The highest BCUT2D eigenvalue weighted by Crippen LogP contribution is 2.34. The van der Waals surface area contributed by atoms with E-state index in [1.54, 1.807) is 30.9 Å². The lowest BCUT2D eigenvalue weighted by Gasteiger charge is -2.25. The Morgan fingerprint density at radius 3 is 2.76 bits per heavy atom. The summed E-state index contributed by atoms with van der Waals surface area (Å²) in [6.45, 7) is 2.11. The summed E-state index contributed by atoms with van der Waals surface area (Å²) in [5.41, 5.74) is 2.01. The molecule has 12 heteroatoms. The molecule has 3 aromatic heterocycles. The number of halogens is 3. The maximum atomic E-state index is 13.1. The van der Waals surface area contributed by atoms with Crippen LogP contribution in [0.15, 0.2) is 41.4 Å². The number of nitrogens with one attached hydrogen (secondary N) is 1. The molecule has 1 N–H and O–H groups in total. The van der Waals surface area contributed by atoms with Gasteiger partial charge in [-0.15, -0.1) is 0 Å². The van der Waals surface area contributed by atoms with Gasteiger partial charge in [0.1, 0.15) is 18.5 Å². The van der Waals surface area contributed by atoms with Crippen molar-refractivity contribution in [2.24, 2.45) is 0 Å². The number of rotatable bonds is 7. The molecule has 0 bridgehead atoms. The number of oxazole rings is 1. The molecule has 2 amide bonds. The van der Waals surface area contributed by atoms with Crippen LogP contribution in [-0.2, 0) is 17.8 Å². The van der Waals surface area contributed by atoms with E-state index in [-0.39, 0.29) is 36.5 Å². The van der Waals surface area contributed by atoms with Crippen LogP contribution >= 0.6 is 0 Å². The third-order valence-electron chi connectivity index (χ3n) is 5.30. The van der Waals surface area contributed by atoms with E-state index in [9.17, 15) is 22.8 Å². The predicted molar refractivity (Wildman–Crippen MR) is 112 cm³/mol. The first kappa shape index (κ1) is 23.2. The zero-order chi connectivity index (χ0) is 24.5. The van der Waals surface area contributed by atoms with Crippen LogP contribution in [0.4, 0.5) is 19.0 Å². The number of ether oxygens (including phenoxy) is 1. The van der Waals surface area contributed by atoms with Gasteiger partial charge in [-0.25, -0.2) is 15.0 Å². The average molecular weight is 475 g/mol. The van der Waals surface area contributed by atoms with Gasteiger partial charge in [-0.3, -0.25) is 9.59 Å². The van der Waals surface area contributed by atoms with Crippen molar-refractivity contribution in [1.82, 2.24) is 19.9 Å². The monoisotopic (exact) mass is 475 g/mol. The van der Waals surface area contributed by atoms with Gasteiger partial charge in [0.05, 0.1) is 18.8 Å². The highest BCUT2D eigenvalue weighted by atomic mass is 19.4. The Hall–Kier alpha value is -3.96. The van der Waals surface area contributed by atoms with Gasteiger partial charge in [-0.2, -0.15) is 13.2 Å². The van der Waals surface area contributed by atoms with Crippen molar-refractivity contribution in [1.29, 1.82) is 0 Å². The first-order valence-corrected chi connectivity index (χ1v) is 10.3. The minimum absolute atomic E-state index is 0.0832. The molecule has 9 nitrogen and oxygen atoms in total. The van der Waals surface area contributed by atoms with Gasteiger partial charge < -0.3 is 19.4 Å². The summed E-state index contributed by atoms with van der Waals surface area (Å²) in [7, 11) is 0. The van der Waals surface area contributed by atoms with Crippen molar-refractivity contribution in [3.63, 3.8) is 0 Å². The third kappa shape index (κ3) is 5.00. The molecule has 178 valence electrons. The molecule has 1 aliphatic rings. The van der Waals surface area contributed by atoms with Crippen molar-refractivity contribution in [3.8, 4) is 5.88 Å². The summed E-state index contributed by atoms with van der Waals surface area (Å²) in [4.78, 5) is 39.1. The summed E-state index contributed by atoms with van der Waals surface area (Å²) >= 11 is 0. The minimum Gasteiger partial charge on any atom is -0.468 e. The fourth-order valence-corrected chi connectivity index (χ4v) is 3.62. The van der Waals surface area contributed by atoms with Gasteiger partial charge in [-0.05, 0) is 31.5 Å². The van der Waals surface area contributed by atoms with Gasteiger partial charge in [-0.1, -0.05) is 0 Å². The number of alkyl halides is 3. The fourth-order valence-electron chi connectivity index (χ4n) is 3.62. The van der Waals surface area contributed by atoms with E-state index in [1.807, 2.05) is 0 Å². The molecule has 1 aliphatic heterocycles. The van der Waals surface area contributed by atoms with E-state index in [4.69, 9.17) is 9.15 Å². The molecule has 0 saturated heterocycles. The quantitative estimate of drug-likeness (QED) is 0.556. The summed E-state index contributed by atoms with van der Waals surface area (Å²) < 4.78 is 47.1. The largest absolute Gasteiger partial charge is 0.468 e. The number of carbonyl (C=O) groups excluding carboxylic acids is 2. The maximum absolute atomic E-state index is 13.1. The summed E-state index contributed by atoms with van der Waals surface area (Å²) in [5, 5.41) is 2.69. The first-order valence-electron chi connectivity index (χ1n) is 10.3. The second kappa shape index (κ2) is 9.12. The zero-order valence-electron chi connectivity index (χ0n) is 18.2. The number of pyridine rings is 2. The van der Waals surface area contributed by atoms with Gasteiger partial charge in [0, 0.05) is 29.1 Å². The predicted octanol–water partition coefficient (Wildman–Crippen LogP) is 3.61. The van der Waals surface area contributed by atoms with Crippen LogP contribution in [0.5, 0.6) is 5.88 Å². The number of aromatic nitrogens is 3. The lowest BCUT2D eigenvalue weighted by Crippen LogP contribution is -2.27. The number of anilines is 1. The van der Waals surface area contributed by atoms with Gasteiger partial charge in [0.15, 0.2) is 6.61 Å². The Bertz CT molecular complexity index is 1210. The van der Waals surface area contributed by atoms with Crippen LogP contribution in [0.1, 0.15) is 45.9 Å². The third-order valence-corrected chi connectivity index (χ3v) is 5.30. The molecular weight excluding hydrogens is 455 g/mol. The number of hydrogen-bond acceptors (Lipinski definition) is 7. The standard InChI is InChI=1S/C22H20F3N5O4/c1-12-7-14(9-28-20(12)34-11-22(23,24)25)13(2)30-10-16-15(21(30)32)3-4-27-19(16)29-17(31)8-18-26-5-6-33-18/h3-7,9,13H,8,10-11H2,1-2H3,(H,27,29,31). The molecule has 4 heterocycles. The molecule has 4 rings (SSSR count). The molecular formula is C22H20F3N5O4. The Morgan fingerprint density at radius 2 is 2.09 bits per heavy atom. The van der Waals surface area contributed by atoms with E-state index in [2.05, 4.69) is 20.3 Å². The van der Waals surface area contributed by atoms with Crippen LogP contribution in [0.25, 0.3) is 0 Å². The van der Waals surface area contributed by atoms with Crippen molar-refractivity contribution >= 4 is 17.6 Å². The highest BCUT2D eigenvalue weighted by Gasteiger charge is 2.34. The number of amides is 2. The Kier molecular flexibility index (Phi) is 6.22. The molecule has 0 aliphatic carbocycles. The summed E-state index contributed by atoms with van der Waals surface area (Å²) in [6, 6.07) is 2.77. The molecule has 0 spiro atoms. The van der Waals surface area contributed by atoms with Crippen LogP contribution in [0.2, 0.25) is 0 Å². The molecule has 0 aromatic carbocycles. The topological polar surface area (TPSA) is 110 Å². The van der Waals surface area contributed by atoms with Crippen molar-refractivity contribution < 1.29 is 31.9 Å². The van der Waals surface area contributed by atoms with Crippen LogP contribution in [0, 0.1) is 6.92 Å². The molecule has 34 heavy (non-hydrogen) atoms. The highest BCUT2D eigenvalue weighted by molar-refractivity contribution is 6.01. The van der Waals surface area contributed by atoms with Crippen LogP contribution in [-0.4, -0.2) is 44.4 Å². The first-order chi connectivity index (χ1) is 16.1. The molecule has 0 fully saturated rings. The molecule has 0 radical (unpaired) electrons. The van der Waals surface area contributed by atoms with Crippen molar-refractivity contribution in [2.45, 2.75) is 39.0 Å². The van der Waals surface area contributed by atoms with E-state index in [1.165, 1.54) is 24.9 Å². The zero-order valence-corrected chi connectivity index (χ0v) is 18.2. The lowest BCUT2D eigenvalue weighted by atomic mass is 10.1. The summed E-state index contributed by atoms with van der Waals surface area (Å²) in [5.74, 6) is -0.256. The average Bonchev–Trinajstić information content (AvgIpc) is 3.40. The number of aryl methyl sites for hydroxylation is 1. The number of hydrogen-bond donors (Lipinski definition) is 1. The van der Waals surface area contributed by atoms with Gasteiger partial charge in [0.2, 0.25) is 17.7 Å². The van der Waals surface area contributed by atoms with E-state index >= 15 is 0 Å². The molecule has 1 unspecified atom stereocenters. The molecule has 0 saturated carbocycles. The maximum Gasteiger partial charge on any atom is 0.422 e. The van der Waals surface area contributed by atoms with Crippen molar-refractivity contribution in [2.75, 3.05) is 11.9 Å². The minimum atomic E-state index is -4.47. The second-order valence-corrected chi connectivity index (χ2v) is 7.74. The normalized spacial score (nSPS) is 14.1. The van der Waals surface area contributed by atoms with Gasteiger partial charge >= 0.3 is 6.18 Å². The van der Waals surface area contributed by atoms with Crippen LogP contribution in [0.3, 0.4) is 0 Å². The molecule has 1 atom stereocenters. The lowest BCUT2D eigenvalue weighted by molar-refractivity contribution is -0.154. The van der Waals surface area contributed by atoms with Gasteiger partial charge in [0.25, 0.3) is 5.91 Å². The number of nitrogens with zero attached hydrogens (tertiary/aromatic N) is 4. The Morgan fingerprint density at radius 1 is 1.29 bits per heavy atom. The van der Waals surface area contributed by atoms with Crippen molar-refractivity contribution in [3.05, 3.63) is 65.1 Å². The van der Waals surface area contributed by atoms with E-state index in [0.29, 0.717) is 22.3 Å².